The molecule has 1 amide bonds. The van der Waals surface area contributed by atoms with Crippen molar-refractivity contribution in [1.29, 1.82) is 0 Å². The molecule has 1 aliphatic rings. The first-order valence-electron chi connectivity index (χ1n) is 5.48. The molecule has 0 aromatic heterocycles. The van der Waals surface area contributed by atoms with Gasteiger partial charge in [0, 0.05) is 25.2 Å². The molecule has 3 N–H and O–H groups in total. The molecule has 0 spiro atoms. The molecule has 1 aromatic carbocycles. The smallest absolute Gasteiger partial charge is 0.251 e. The van der Waals surface area contributed by atoms with Crippen LogP contribution in [0.15, 0.2) is 24.3 Å². The predicted molar refractivity (Wildman–Crippen MR) is 63.1 cm³/mol. The van der Waals surface area contributed by atoms with Crippen LogP contribution < -0.4 is 15.4 Å². The van der Waals surface area contributed by atoms with E-state index in [4.69, 9.17) is 4.74 Å². The average molecular weight is 236 g/mol. The number of carbonyl (C=O) groups is 1. The summed E-state index contributed by atoms with van der Waals surface area (Å²) in [5.41, 5.74) is -0.232. The molecule has 0 unspecified atom stereocenters. The SMILES string of the molecule is COc1ccc(C(=O)NCC2(O)CNC2)cc1. The lowest BCUT2D eigenvalue weighted by molar-refractivity contribution is -0.00759. The molecule has 0 radical (unpaired) electrons. The van der Waals surface area contributed by atoms with E-state index in [2.05, 4.69) is 10.6 Å². The molecule has 1 fully saturated rings. The van der Waals surface area contributed by atoms with Gasteiger partial charge in [0.05, 0.1) is 7.11 Å². The second-order valence-corrected chi connectivity index (χ2v) is 4.24. The van der Waals surface area contributed by atoms with Crippen LogP contribution in [0, 0.1) is 0 Å². The molecule has 0 aliphatic carbocycles. The van der Waals surface area contributed by atoms with Crippen LogP contribution in [0.5, 0.6) is 5.75 Å². The summed E-state index contributed by atoms with van der Waals surface area (Å²) in [5, 5.41) is 15.5. The first-order valence-corrected chi connectivity index (χ1v) is 5.48. The molecule has 1 aliphatic heterocycles. The predicted octanol–water partition coefficient (Wildman–Crippen LogP) is -0.241. The fourth-order valence-corrected chi connectivity index (χ4v) is 1.63. The summed E-state index contributed by atoms with van der Waals surface area (Å²) in [4.78, 5) is 11.7. The van der Waals surface area contributed by atoms with Crippen LogP contribution in [-0.2, 0) is 0 Å². The molecule has 1 aromatic rings. The third-order valence-electron chi connectivity index (χ3n) is 2.84. The first-order chi connectivity index (χ1) is 8.13. The Balaban J connectivity index is 1.90. The van der Waals surface area contributed by atoms with Crippen molar-refractivity contribution >= 4 is 5.91 Å². The van der Waals surface area contributed by atoms with Crippen molar-refractivity contribution in [3.63, 3.8) is 0 Å². The molecule has 0 atom stereocenters. The summed E-state index contributed by atoms with van der Waals surface area (Å²) < 4.78 is 5.01. The highest BCUT2D eigenvalue weighted by molar-refractivity contribution is 5.94. The molecule has 1 heterocycles. The highest BCUT2D eigenvalue weighted by atomic mass is 16.5. The lowest BCUT2D eigenvalue weighted by Crippen LogP contribution is -2.64. The van der Waals surface area contributed by atoms with Crippen molar-refractivity contribution in [2.75, 3.05) is 26.7 Å². The number of hydrogen-bond acceptors (Lipinski definition) is 4. The van der Waals surface area contributed by atoms with E-state index in [0.717, 1.165) is 0 Å². The summed E-state index contributed by atoms with van der Waals surface area (Å²) in [7, 11) is 1.58. The van der Waals surface area contributed by atoms with Crippen molar-refractivity contribution in [2.45, 2.75) is 5.60 Å². The van der Waals surface area contributed by atoms with Crippen molar-refractivity contribution in [3.8, 4) is 5.75 Å². The van der Waals surface area contributed by atoms with Crippen LogP contribution in [-0.4, -0.2) is 43.4 Å². The number of benzene rings is 1. The average Bonchev–Trinajstić information content (AvgIpc) is 2.33. The third kappa shape index (κ3) is 2.75. The van der Waals surface area contributed by atoms with Gasteiger partial charge in [0.25, 0.3) is 5.91 Å². The summed E-state index contributed by atoms with van der Waals surface area (Å²) in [6, 6.07) is 6.84. The molecule has 0 bridgehead atoms. The van der Waals surface area contributed by atoms with E-state index in [1.54, 1.807) is 31.4 Å². The lowest BCUT2D eigenvalue weighted by atomic mass is 9.97. The Kier molecular flexibility index (Phi) is 3.31. The second kappa shape index (κ2) is 4.73. The quantitative estimate of drug-likeness (QED) is 0.675. The zero-order valence-corrected chi connectivity index (χ0v) is 9.69. The molecular formula is C12H16N2O3. The Morgan fingerprint density at radius 3 is 2.59 bits per heavy atom. The highest BCUT2D eigenvalue weighted by Gasteiger charge is 2.34. The molecule has 5 nitrogen and oxygen atoms in total. The van der Waals surface area contributed by atoms with Gasteiger partial charge < -0.3 is 20.5 Å². The van der Waals surface area contributed by atoms with Gasteiger partial charge in [-0.15, -0.1) is 0 Å². The molecule has 5 heteroatoms. The number of aliphatic hydroxyl groups is 1. The number of carbonyl (C=O) groups excluding carboxylic acids is 1. The zero-order valence-electron chi connectivity index (χ0n) is 9.69. The molecular weight excluding hydrogens is 220 g/mol. The molecule has 17 heavy (non-hydrogen) atoms. The van der Waals surface area contributed by atoms with Gasteiger partial charge in [-0.1, -0.05) is 0 Å². The summed E-state index contributed by atoms with van der Waals surface area (Å²) in [6.45, 7) is 1.32. The standard InChI is InChI=1S/C12H16N2O3/c1-17-10-4-2-9(3-5-10)11(15)14-8-12(16)6-13-7-12/h2-5,13,16H,6-8H2,1H3,(H,14,15). The van der Waals surface area contributed by atoms with Gasteiger partial charge in [-0.3, -0.25) is 4.79 Å². The van der Waals surface area contributed by atoms with Gasteiger partial charge in [-0.05, 0) is 24.3 Å². The van der Waals surface area contributed by atoms with Gasteiger partial charge in [0.1, 0.15) is 11.4 Å². The van der Waals surface area contributed by atoms with Gasteiger partial charge in [-0.25, -0.2) is 0 Å². The van der Waals surface area contributed by atoms with E-state index in [1.807, 2.05) is 0 Å². The summed E-state index contributed by atoms with van der Waals surface area (Å²) >= 11 is 0. The summed E-state index contributed by atoms with van der Waals surface area (Å²) in [5.74, 6) is 0.524. The van der Waals surface area contributed by atoms with Crippen LogP contribution >= 0.6 is 0 Å². The highest BCUT2D eigenvalue weighted by Crippen LogP contribution is 2.12. The maximum Gasteiger partial charge on any atom is 0.251 e. The Morgan fingerprint density at radius 2 is 2.12 bits per heavy atom. The number of methoxy groups -OCH3 is 1. The fraction of sp³-hybridized carbons (Fsp3) is 0.417. The Hall–Kier alpha value is -1.59. The number of β-amino-alcohol motifs (C(OH)–C–C–N with tert-alkyl or cyclic N) is 1. The molecule has 2 rings (SSSR count). The summed E-state index contributed by atoms with van der Waals surface area (Å²) in [6.07, 6.45) is 0. The van der Waals surface area contributed by atoms with Crippen LogP contribution in [0.4, 0.5) is 0 Å². The monoisotopic (exact) mass is 236 g/mol. The number of ether oxygens (including phenoxy) is 1. The Bertz CT molecular complexity index is 399. The largest absolute Gasteiger partial charge is 0.497 e. The maximum absolute atomic E-state index is 11.7. The van der Waals surface area contributed by atoms with Crippen molar-refractivity contribution < 1.29 is 14.6 Å². The van der Waals surface area contributed by atoms with Gasteiger partial charge in [0.15, 0.2) is 0 Å². The van der Waals surface area contributed by atoms with E-state index >= 15 is 0 Å². The maximum atomic E-state index is 11.7. The van der Waals surface area contributed by atoms with Gasteiger partial charge in [-0.2, -0.15) is 0 Å². The normalized spacial score (nSPS) is 17.1. The molecule has 0 saturated carbocycles. The number of rotatable bonds is 4. The Labute approximate surface area is 99.8 Å². The van der Waals surface area contributed by atoms with E-state index in [0.29, 0.717) is 24.4 Å². The van der Waals surface area contributed by atoms with E-state index in [-0.39, 0.29) is 12.5 Å². The van der Waals surface area contributed by atoms with E-state index in [1.165, 1.54) is 0 Å². The number of nitrogens with one attached hydrogen (secondary N) is 2. The zero-order chi connectivity index (χ0) is 12.3. The Morgan fingerprint density at radius 1 is 1.47 bits per heavy atom. The molecule has 1 saturated heterocycles. The fourth-order valence-electron chi connectivity index (χ4n) is 1.63. The van der Waals surface area contributed by atoms with Gasteiger partial charge in [0.2, 0.25) is 0 Å². The van der Waals surface area contributed by atoms with Crippen LogP contribution in [0.25, 0.3) is 0 Å². The third-order valence-corrected chi connectivity index (χ3v) is 2.84. The minimum atomic E-state index is -0.790. The second-order valence-electron chi connectivity index (χ2n) is 4.24. The van der Waals surface area contributed by atoms with Crippen molar-refractivity contribution in [2.24, 2.45) is 0 Å². The van der Waals surface area contributed by atoms with E-state index < -0.39 is 5.60 Å². The van der Waals surface area contributed by atoms with Crippen LogP contribution in [0.1, 0.15) is 10.4 Å². The van der Waals surface area contributed by atoms with Crippen LogP contribution in [0.3, 0.4) is 0 Å². The van der Waals surface area contributed by atoms with Crippen molar-refractivity contribution in [1.82, 2.24) is 10.6 Å². The molecule has 92 valence electrons. The number of hydrogen-bond donors (Lipinski definition) is 3. The van der Waals surface area contributed by atoms with Crippen molar-refractivity contribution in [3.05, 3.63) is 29.8 Å². The minimum absolute atomic E-state index is 0.187. The van der Waals surface area contributed by atoms with E-state index in [9.17, 15) is 9.90 Å². The first kappa shape index (κ1) is 11.9. The minimum Gasteiger partial charge on any atom is -0.497 e. The van der Waals surface area contributed by atoms with Gasteiger partial charge >= 0.3 is 0 Å². The van der Waals surface area contributed by atoms with Crippen LogP contribution in [0.2, 0.25) is 0 Å². The lowest BCUT2D eigenvalue weighted by Gasteiger charge is -2.37. The topological polar surface area (TPSA) is 70.6 Å². The number of amides is 1.